The van der Waals surface area contributed by atoms with Crippen LogP contribution in [0, 0.1) is 6.92 Å². The Balaban J connectivity index is 1.40. The van der Waals surface area contributed by atoms with Gasteiger partial charge in [-0.25, -0.2) is 4.98 Å². The van der Waals surface area contributed by atoms with Gasteiger partial charge < -0.3 is 5.32 Å². The highest BCUT2D eigenvalue weighted by atomic mass is 32.2. The number of carbonyl (C=O) groups excluding carboxylic acids is 3. The Hall–Kier alpha value is -2.19. The minimum absolute atomic E-state index is 0.118. The van der Waals surface area contributed by atoms with Crippen molar-refractivity contribution >= 4 is 40.8 Å². The number of aromatic nitrogens is 1. The molecule has 2 heterocycles. The van der Waals surface area contributed by atoms with Crippen molar-refractivity contribution in [1.82, 2.24) is 15.2 Å². The number of imide groups is 1. The molecule has 1 fully saturated rings. The summed E-state index contributed by atoms with van der Waals surface area (Å²) in [5.74, 6) is 0.427. The van der Waals surface area contributed by atoms with Crippen molar-refractivity contribution in [2.75, 3.05) is 13.1 Å². The van der Waals surface area contributed by atoms with Crippen molar-refractivity contribution in [1.29, 1.82) is 0 Å². The van der Waals surface area contributed by atoms with E-state index in [1.807, 2.05) is 36.6 Å². The Morgan fingerprint density at radius 1 is 1.22 bits per heavy atom. The van der Waals surface area contributed by atoms with Crippen LogP contribution < -0.4 is 5.32 Å². The molecule has 1 aliphatic heterocycles. The van der Waals surface area contributed by atoms with Crippen LogP contribution in [0.1, 0.15) is 40.9 Å². The molecule has 1 aromatic carbocycles. The molecule has 8 heteroatoms. The monoisotopic (exact) mass is 403 g/mol. The third kappa shape index (κ3) is 5.40. The molecule has 0 aliphatic carbocycles. The highest BCUT2D eigenvalue weighted by Gasteiger charge is 2.27. The third-order valence-corrected chi connectivity index (χ3v) is 6.39. The number of hydrogen-bond donors (Lipinski definition) is 1. The van der Waals surface area contributed by atoms with Crippen LogP contribution in [0.4, 0.5) is 0 Å². The molecular weight excluding hydrogens is 382 g/mol. The van der Waals surface area contributed by atoms with Gasteiger partial charge in [0.25, 0.3) is 5.91 Å². The number of benzene rings is 1. The van der Waals surface area contributed by atoms with Crippen molar-refractivity contribution in [3.63, 3.8) is 0 Å². The van der Waals surface area contributed by atoms with Crippen molar-refractivity contribution in [3.8, 4) is 0 Å². The van der Waals surface area contributed by atoms with Gasteiger partial charge in [-0.2, -0.15) is 0 Å². The van der Waals surface area contributed by atoms with Gasteiger partial charge in [0.15, 0.2) is 0 Å². The molecule has 1 aliphatic rings. The number of aryl methyl sites for hydroxylation is 1. The number of thioether (sulfide) groups is 1. The van der Waals surface area contributed by atoms with Gasteiger partial charge in [-0.3, -0.25) is 19.3 Å². The van der Waals surface area contributed by atoms with Crippen LogP contribution in [0.2, 0.25) is 0 Å². The minimum Gasteiger partial charge on any atom is -0.352 e. The van der Waals surface area contributed by atoms with Crippen LogP contribution in [0.15, 0.2) is 34.0 Å². The lowest BCUT2D eigenvalue weighted by molar-refractivity contribution is -0.138. The molecule has 0 unspecified atom stereocenters. The molecule has 1 aromatic heterocycles. The molecule has 142 valence electrons. The fourth-order valence-corrected chi connectivity index (χ4v) is 4.51. The number of carbonyl (C=O) groups is 3. The highest BCUT2D eigenvalue weighted by Crippen LogP contribution is 2.26. The maximum atomic E-state index is 12.2. The predicted molar refractivity (Wildman–Crippen MR) is 106 cm³/mol. The number of likely N-dealkylation sites (tertiary alicyclic amines) is 1. The molecule has 27 heavy (non-hydrogen) atoms. The second kappa shape index (κ2) is 9.14. The van der Waals surface area contributed by atoms with Crippen molar-refractivity contribution in [2.24, 2.45) is 0 Å². The zero-order valence-electron chi connectivity index (χ0n) is 15.1. The summed E-state index contributed by atoms with van der Waals surface area (Å²) < 4.78 is 1.05. The van der Waals surface area contributed by atoms with E-state index in [9.17, 15) is 14.4 Å². The summed E-state index contributed by atoms with van der Waals surface area (Å²) in [7, 11) is 0. The van der Waals surface area contributed by atoms with E-state index in [1.54, 1.807) is 23.1 Å². The fourth-order valence-electron chi connectivity index (χ4n) is 2.71. The summed E-state index contributed by atoms with van der Waals surface area (Å²) in [6.45, 7) is 2.77. The van der Waals surface area contributed by atoms with E-state index in [4.69, 9.17) is 0 Å². The summed E-state index contributed by atoms with van der Waals surface area (Å²) in [5, 5.41) is 4.86. The Morgan fingerprint density at radius 3 is 2.56 bits per heavy atom. The summed E-state index contributed by atoms with van der Waals surface area (Å²) >= 11 is 3.32. The number of nitrogens with one attached hydrogen (secondary N) is 1. The molecule has 0 atom stereocenters. The number of rotatable bonds is 8. The van der Waals surface area contributed by atoms with E-state index < -0.39 is 0 Å². The van der Waals surface area contributed by atoms with Crippen LogP contribution >= 0.6 is 23.1 Å². The quantitative estimate of drug-likeness (QED) is 0.416. The first kappa shape index (κ1) is 19.6. The predicted octanol–water partition coefficient (Wildman–Crippen LogP) is 3.01. The molecule has 0 radical (unpaired) electrons. The second-order valence-electron chi connectivity index (χ2n) is 6.29. The standard InChI is InChI=1S/C19H21N3O3S2/c1-13-11-26-19(21-13)27-12-14-3-5-15(6-4-14)18(25)20-9-2-10-22-16(23)7-8-17(22)24/h3-6,11H,2,7-10,12H2,1H3,(H,20,25). The summed E-state index contributed by atoms with van der Waals surface area (Å²) in [4.78, 5) is 40.9. The summed E-state index contributed by atoms with van der Waals surface area (Å²) in [6.07, 6.45) is 1.17. The third-order valence-electron chi connectivity index (χ3n) is 4.18. The maximum Gasteiger partial charge on any atom is 0.251 e. The van der Waals surface area contributed by atoms with E-state index in [1.165, 1.54) is 4.90 Å². The normalized spacial score (nSPS) is 14.0. The topological polar surface area (TPSA) is 79.4 Å². The van der Waals surface area contributed by atoms with Gasteiger partial charge in [-0.1, -0.05) is 23.9 Å². The lowest BCUT2D eigenvalue weighted by Crippen LogP contribution is -2.33. The van der Waals surface area contributed by atoms with Crippen molar-refractivity contribution in [2.45, 2.75) is 36.3 Å². The average Bonchev–Trinajstić information content (AvgIpc) is 3.23. The molecule has 1 saturated heterocycles. The summed E-state index contributed by atoms with van der Waals surface area (Å²) in [5.41, 5.74) is 2.77. The Kier molecular flexibility index (Phi) is 6.63. The zero-order valence-corrected chi connectivity index (χ0v) is 16.7. The van der Waals surface area contributed by atoms with Crippen LogP contribution in [-0.2, 0) is 15.3 Å². The second-order valence-corrected chi connectivity index (χ2v) is 8.37. The van der Waals surface area contributed by atoms with Crippen molar-refractivity contribution < 1.29 is 14.4 Å². The molecule has 3 amide bonds. The average molecular weight is 404 g/mol. The molecule has 0 saturated carbocycles. The Labute approximate surface area is 166 Å². The summed E-state index contributed by atoms with van der Waals surface area (Å²) in [6, 6.07) is 7.52. The lowest BCUT2D eigenvalue weighted by atomic mass is 10.1. The van der Waals surface area contributed by atoms with Crippen LogP contribution in [0.3, 0.4) is 0 Å². The Morgan fingerprint density at radius 2 is 1.93 bits per heavy atom. The smallest absolute Gasteiger partial charge is 0.251 e. The lowest BCUT2D eigenvalue weighted by Gasteiger charge is -2.13. The van der Waals surface area contributed by atoms with Gasteiger partial charge in [0.2, 0.25) is 11.8 Å². The molecule has 3 rings (SSSR count). The van der Waals surface area contributed by atoms with Gasteiger partial charge in [-0.05, 0) is 31.0 Å². The van der Waals surface area contributed by atoms with Crippen molar-refractivity contribution in [3.05, 3.63) is 46.5 Å². The molecule has 0 spiro atoms. The maximum absolute atomic E-state index is 12.2. The van der Waals surface area contributed by atoms with Crippen LogP contribution in [-0.4, -0.2) is 40.7 Å². The molecule has 1 N–H and O–H groups in total. The van der Waals surface area contributed by atoms with E-state index in [0.717, 1.165) is 21.3 Å². The Bertz CT molecular complexity index is 817. The van der Waals surface area contributed by atoms with E-state index in [2.05, 4.69) is 10.3 Å². The molecule has 2 aromatic rings. The first-order valence-corrected chi connectivity index (χ1v) is 10.6. The van der Waals surface area contributed by atoms with Gasteiger partial charge >= 0.3 is 0 Å². The van der Waals surface area contributed by atoms with E-state index in [0.29, 0.717) is 37.9 Å². The van der Waals surface area contributed by atoms with Gasteiger partial charge in [0.1, 0.15) is 4.34 Å². The van der Waals surface area contributed by atoms with Gasteiger partial charge in [0.05, 0.1) is 0 Å². The van der Waals surface area contributed by atoms with Crippen LogP contribution in [0.25, 0.3) is 0 Å². The number of thiazole rings is 1. The number of hydrogen-bond acceptors (Lipinski definition) is 6. The number of amides is 3. The first-order valence-electron chi connectivity index (χ1n) is 8.78. The largest absolute Gasteiger partial charge is 0.352 e. The SMILES string of the molecule is Cc1csc(SCc2ccc(C(=O)NCCCN3C(=O)CCC3=O)cc2)n1. The van der Waals surface area contributed by atoms with E-state index >= 15 is 0 Å². The molecule has 0 bridgehead atoms. The van der Waals surface area contributed by atoms with Crippen LogP contribution in [0.5, 0.6) is 0 Å². The molecular formula is C19H21N3O3S2. The van der Waals surface area contributed by atoms with E-state index in [-0.39, 0.29) is 17.7 Å². The number of nitrogens with zero attached hydrogens (tertiary/aromatic N) is 2. The molecule has 6 nitrogen and oxygen atoms in total. The first-order chi connectivity index (χ1) is 13.0. The van der Waals surface area contributed by atoms with Gasteiger partial charge in [-0.15, -0.1) is 11.3 Å². The zero-order chi connectivity index (χ0) is 19.2. The highest BCUT2D eigenvalue weighted by molar-refractivity contribution is 8.00. The van der Waals surface area contributed by atoms with Gasteiger partial charge in [0, 0.05) is 48.3 Å². The fraction of sp³-hybridized carbons (Fsp3) is 0.368. The minimum atomic E-state index is -0.149.